The number of amides is 1. The fourth-order valence-corrected chi connectivity index (χ4v) is 2.98. The molecule has 0 bridgehead atoms. The Kier molecular flexibility index (Phi) is 4.63. The van der Waals surface area contributed by atoms with E-state index in [1.807, 2.05) is 0 Å². The minimum Gasteiger partial charge on any atom is -0.324 e. The van der Waals surface area contributed by atoms with Gasteiger partial charge in [0, 0.05) is 10.2 Å². The van der Waals surface area contributed by atoms with Crippen molar-refractivity contribution in [1.82, 2.24) is 0 Å². The number of nitrogens with one attached hydrogen (secondary N) is 1. The summed E-state index contributed by atoms with van der Waals surface area (Å²) in [5.74, 6) is -0.423. The van der Waals surface area contributed by atoms with Crippen molar-refractivity contribution in [1.29, 1.82) is 0 Å². The van der Waals surface area contributed by atoms with Gasteiger partial charge in [-0.3, -0.25) is 4.79 Å². The molecule has 21 heavy (non-hydrogen) atoms. The number of hydrogen-bond donors (Lipinski definition) is 2. The van der Waals surface area contributed by atoms with Gasteiger partial charge in [-0.2, -0.15) is 13.2 Å². The molecule has 0 radical (unpaired) electrons. The number of halogens is 4. The SMILES string of the molecule is NC1(C(=O)Nc2cc(Br)cc(C(F)(F)F)c2)CCCCC1. The number of carbonyl (C=O) groups excluding carboxylic acids is 1. The van der Waals surface area contributed by atoms with Crippen LogP contribution in [0.15, 0.2) is 22.7 Å². The van der Waals surface area contributed by atoms with Crippen LogP contribution in [0.5, 0.6) is 0 Å². The maximum atomic E-state index is 12.8. The molecule has 116 valence electrons. The summed E-state index contributed by atoms with van der Waals surface area (Å²) in [6, 6.07) is 3.31. The Morgan fingerprint density at radius 2 is 1.81 bits per heavy atom. The van der Waals surface area contributed by atoms with E-state index in [-0.39, 0.29) is 10.2 Å². The first-order valence-corrected chi connectivity index (χ1v) is 7.48. The van der Waals surface area contributed by atoms with E-state index in [1.165, 1.54) is 6.07 Å². The minimum absolute atomic E-state index is 0.0945. The van der Waals surface area contributed by atoms with Crippen LogP contribution in [0.3, 0.4) is 0 Å². The number of hydrogen-bond acceptors (Lipinski definition) is 2. The Hall–Kier alpha value is -1.08. The van der Waals surface area contributed by atoms with E-state index in [4.69, 9.17) is 5.73 Å². The Morgan fingerprint density at radius 1 is 1.19 bits per heavy atom. The van der Waals surface area contributed by atoms with Crippen LogP contribution in [0.4, 0.5) is 18.9 Å². The summed E-state index contributed by atoms with van der Waals surface area (Å²) in [5.41, 5.74) is 4.36. The highest BCUT2D eigenvalue weighted by molar-refractivity contribution is 9.10. The van der Waals surface area contributed by atoms with Crippen LogP contribution in [-0.4, -0.2) is 11.4 Å². The van der Waals surface area contributed by atoms with Crippen LogP contribution in [0.25, 0.3) is 0 Å². The zero-order chi connectivity index (χ0) is 15.7. The molecule has 3 N–H and O–H groups in total. The van der Waals surface area contributed by atoms with Gasteiger partial charge in [0.25, 0.3) is 0 Å². The minimum atomic E-state index is -4.46. The molecule has 3 nitrogen and oxygen atoms in total. The number of benzene rings is 1. The zero-order valence-electron chi connectivity index (χ0n) is 11.3. The predicted molar refractivity (Wildman–Crippen MR) is 77.8 cm³/mol. The highest BCUT2D eigenvalue weighted by Gasteiger charge is 2.36. The smallest absolute Gasteiger partial charge is 0.324 e. The van der Waals surface area contributed by atoms with Gasteiger partial charge < -0.3 is 11.1 Å². The molecule has 0 aliphatic heterocycles. The average molecular weight is 365 g/mol. The largest absolute Gasteiger partial charge is 0.416 e. The molecule has 2 rings (SSSR count). The van der Waals surface area contributed by atoms with Crippen molar-refractivity contribution in [2.24, 2.45) is 5.73 Å². The van der Waals surface area contributed by atoms with E-state index in [1.54, 1.807) is 0 Å². The first kappa shape index (κ1) is 16.3. The van der Waals surface area contributed by atoms with Crippen molar-refractivity contribution < 1.29 is 18.0 Å². The van der Waals surface area contributed by atoms with Crippen LogP contribution in [0, 0.1) is 0 Å². The molecule has 0 aromatic heterocycles. The normalized spacial score (nSPS) is 18.3. The molecule has 1 aliphatic rings. The molecule has 1 fully saturated rings. The van der Waals surface area contributed by atoms with Gasteiger partial charge in [-0.15, -0.1) is 0 Å². The van der Waals surface area contributed by atoms with Crippen LogP contribution >= 0.6 is 15.9 Å². The van der Waals surface area contributed by atoms with Crippen molar-refractivity contribution in [2.45, 2.75) is 43.8 Å². The molecular formula is C14H16BrF3N2O. The van der Waals surface area contributed by atoms with Crippen molar-refractivity contribution in [3.05, 3.63) is 28.2 Å². The Bertz CT molecular complexity index is 540. The molecule has 0 heterocycles. The summed E-state index contributed by atoms with van der Waals surface area (Å²) >= 11 is 3.02. The fourth-order valence-electron chi connectivity index (χ4n) is 2.49. The fraction of sp³-hybridized carbons (Fsp3) is 0.500. The van der Waals surface area contributed by atoms with Gasteiger partial charge in [-0.1, -0.05) is 35.2 Å². The van der Waals surface area contributed by atoms with Crippen LogP contribution in [0.1, 0.15) is 37.7 Å². The maximum absolute atomic E-state index is 12.8. The van der Waals surface area contributed by atoms with Crippen LogP contribution in [-0.2, 0) is 11.0 Å². The molecular weight excluding hydrogens is 349 g/mol. The molecule has 7 heteroatoms. The van der Waals surface area contributed by atoms with E-state index < -0.39 is 23.2 Å². The lowest BCUT2D eigenvalue weighted by atomic mass is 9.82. The third-order valence-corrected chi connectivity index (χ3v) is 4.14. The summed E-state index contributed by atoms with van der Waals surface area (Å²) in [6.07, 6.45) is -0.611. The zero-order valence-corrected chi connectivity index (χ0v) is 12.9. The summed E-state index contributed by atoms with van der Waals surface area (Å²) in [6.45, 7) is 0. The number of anilines is 1. The first-order valence-electron chi connectivity index (χ1n) is 6.69. The predicted octanol–water partition coefficient (Wildman–Crippen LogP) is 4.07. The van der Waals surface area contributed by atoms with Gasteiger partial charge >= 0.3 is 6.18 Å². The van der Waals surface area contributed by atoms with Gasteiger partial charge in [0.2, 0.25) is 5.91 Å². The van der Waals surface area contributed by atoms with Crippen molar-refractivity contribution >= 4 is 27.5 Å². The Morgan fingerprint density at radius 3 is 2.38 bits per heavy atom. The van der Waals surface area contributed by atoms with Crippen LogP contribution in [0.2, 0.25) is 0 Å². The number of carbonyl (C=O) groups is 1. The summed E-state index contributed by atoms with van der Waals surface area (Å²) in [7, 11) is 0. The lowest BCUT2D eigenvalue weighted by Crippen LogP contribution is -2.52. The highest BCUT2D eigenvalue weighted by Crippen LogP contribution is 2.34. The average Bonchev–Trinajstić information content (AvgIpc) is 2.37. The second-order valence-corrected chi connectivity index (χ2v) is 6.31. The number of nitrogens with two attached hydrogens (primary N) is 1. The van der Waals surface area contributed by atoms with E-state index in [2.05, 4.69) is 21.2 Å². The van der Waals surface area contributed by atoms with E-state index in [9.17, 15) is 18.0 Å². The Balaban J connectivity index is 2.19. The van der Waals surface area contributed by atoms with Crippen LogP contribution < -0.4 is 11.1 Å². The van der Waals surface area contributed by atoms with E-state index >= 15 is 0 Å². The standard InChI is InChI=1S/C14H16BrF3N2O/c15-10-6-9(14(16,17)18)7-11(8-10)20-12(21)13(19)4-2-1-3-5-13/h6-8H,1-5,19H2,(H,20,21). The van der Waals surface area contributed by atoms with Crippen molar-refractivity contribution in [3.63, 3.8) is 0 Å². The van der Waals surface area contributed by atoms with Gasteiger partial charge in [0.1, 0.15) is 0 Å². The van der Waals surface area contributed by atoms with Gasteiger partial charge in [0.15, 0.2) is 0 Å². The van der Waals surface area contributed by atoms with E-state index in [0.717, 1.165) is 31.4 Å². The number of alkyl halides is 3. The molecule has 0 saturated heterocycles. The summed E-state index contributed by atoms with van der Waals surface area (Å²) in [4.78, 5) is 12.2. The van der Waals surface area contributed by atoms with Crippen molar-refractivity contribution in [2.75, 3.05) is 5.32 Å². The van der Waals surface area contributed by atoms with E-state index in [0.29, 0.717) is 12.8 Å². The monoisotopic (exact) mass is 364 g/mol. The molecule has 1 amide bonds. The topological polar surface area (TPSA) is 55.1 Å². The highest BCUT2D eigenvalue weighted by atomic mass is 79.9. The third-order valence-electron chi connectivity index (χ3n) is 3.68. The number of rotatable bonds is 2. The molecule has 1 saturated carbocycles. The van der Waals surface area contributed by atoms with Gasteiger partial charge in [-0.25, -0.2) is 0 Å². The third kappa shape index (κ3) is 3.97. The molecule has 1 aromatic rings. The Labute approximate surface area is 129 Å². The molecule has 1 aliphatic carbocycles. The molecule has 1 aromatic carbocycles. The second kappa shape index (κ2) is 5.96. The summed E-state index contributed by atoms with van der Waals surface area (Å²) < 4.78 is 38.5. The molecule has 0 unspecified atom stereocenters. The summed E-state index contributed by atoms with van der Waals surface area (Å²) in [5, 5.41) is 2.51. The quantitative estimate of drug-likeness (QED) is 0.830. The lowest BCUT2D eigenvalue weighted by molar-refractivity contribution is -0.137. The molecule has 0 spiro atoms. The second-order valence-electron chi connectivity index (χ2n) is 5.40. The molecule has 0 atom stereocenters. The first-order chi connectivity index (χ1) is 9.71. The lowest BCUT2D eigenvalue weighted by Gasteiger charge is -2.31. The van der Waals surface area contributed by atoms with Crippen molar-refractivity contribution in [3.8, 4) is 0 Å². The maximum Gasteiger partial charge on any atom is 0.416 e. The van der Waals surface area contributed by atoms with Gasteiger partial charge in [-0.05, 0) is 31.0 Å². The van der Waals surface area contributed by atoms with Gasteiger partial charge in [0.05, 0.1) is 11.1 Å².